The van der Waals surface area contributed by atoms with Gasteiger partial charge < -0.3 is 11.1 Å². The molecule has 0 aromatic carbocycles. The molecule has 0 radical (unpaired) electrons. The van der Waals surface area contributed by atoms with Crippen LogP contribution in [0.3, 0.4) is 0 Å². The van der Waals surface area contributed by atoms with Gasteiger partial charge in [0.25, 0.3) is 5.91 Å². The number of thiophene rings is 1. The fourth-order valence-electron chi connectivity index (χ4n) is 3.05. The van der Waals surface area contributed by atoms with Gasteiger partial charge in [0, 0.05) is 27.9 Å². The van der Waals surface area contributed by atoms with Gasteiger partial charge in [0.15, 0.2) is 5.65 Å². The summed E-state index contributed by atoms with van der Waals surface area (Å²) in [5.74, 6) is 0.114. The fourth-order valence-corrected chi connectivity index (χ4v) is 3.99. The fraction of sp³-hybridized carbons (Fsp3) is 0.450. The van der Waals surface area contributed by atoms with Gasteiger partial charge in [-0.3, -0.25) is 4.79 Å². The lowest BCUT2D eigenvalue weighted by Gasteiger charge is -2.13. The van der Waals surface area contributed by atoms with Crippen LogP contribution in [0.15, 0.2) is 18.3 Å². The minimum atomic E-state index is -0.114. The Kier molecular flexibility index (Phi) is 5.62. The van der Waals surface area contributed by atoms with Crippen LogP contribution in [-0.2, 0) is 0 Å². The number of carbonyl (C=O) groups is 1. The number of hydrogen-bond acceptors (Lipinski definition) is 5. The molecule has 0 saturated heterocycles. The molecule has 3 aromatic heterocycles. The minimum absolute atomic E-state index is 0.114. The molecule has 3 rings (SSSR count). The summed E-state index contributed by atoms with van der Waals surface area (Å²) in [5.41, 5.74) is 8.89. The van der Waals surface area contributed by atoms with Crippen molar-refractivity contribution in [2.24, 2.45) is 11.7 Å². The Labute approximate surface area is 163 Å². The summed E-state index contributed by atoms with van der Waals surface area (Å²) in [7, 11) is 0. The second kappa shape index (κ2) is 7.78. The quantitative estimate of drug-likeness (QED) is 0.678. The van der Waals surface area contributed by atoms with Crippen molar-refractivity contribution in [2.45, 2.75) is 40.7 Å². The van der Waals surface area contributed by atoms with Gasteiger partial charge in [-0.1, -0.05) is 6.92 Å². The van der Waals surface area contributed by atoms with Gasteiger partial charge in [-0.15, -0.1) is 11.3 Å². The summed E-state index contributed by atoms with van der Waals surface area (Å²) in [4.78, 5) is 20.2. The molecule has 3 N–H and O–H groups in total. The number of hydrogen-bond donors (Lipinski definition) is 2. The predicted molar refractivity (Wildman–Crippen MR) is 111 cm³/mol. The third-order valence-electron chi connectivity index (χ3n) is 4.63. The molecule has 0 aliphatic rings. The van der Waals surface area contributed by atoms with Crippen LogP contribution in [0.5, 0.6) is 0 Å². The van der Waals surface area contributed by atoms with E-state index in [1.54, 1.807) is 17.5 Å². The number of fused-ring (bicyclic) bond motifs is 1. The number of nitrogens with zero attached hydrogens (tertiary/aromatic N) is 3. The third kappa shape index (κ3) is 3.89. The van der Waals surface area contributed by atoms with Gasteiger partial charge in [0.1, 0.15) is 0 Å². The lowest BCUT2D eigenvalue weighted by molar-refractivity contribution is 0.0950. The van der Waals surface area contributed by atoms with Gasteiger partial charge in [0.2, 0.25) is 0 Å². The van der Waals surface area contributed by atoms with E-state index in [4.69, 9.17) is 10.7 Å². The van der Waals surface area contributed by atoms with Crippen molar-refractivity contribution in [2.75, 3.05) is 13.1 Å². The van der Waals surface area contributed by atoms with Gasteiger partial charge in [-0.05, 0) is 52.3 Å². The first-order valence-corrected chi connectivity index (χ1v) is 10.1. The second-order valence-electron chi connectivity index (χ2n) is 7.35. The van der Waals surface area contributed by atoms with Crippen LogP contribution in [0.4, 0.5) is 0 Å². The molecule has 144 valence electrons. The molecule has 1 atom stereocenters. The molecule has 27 heavy (non-hydrogen) atoms. The van der Waals surface area contributed by atoms with Crippen LogP contribution in [0.2, 0.25) is 0 Å². The van der Waals surface area contributed by atoms with Gasteiger partial charge in [0.05, 0.1) is 22.8 Å². The van der Waals surface area contributed by atoms with Gasteiger partial charge in [-0.2, -0.15) is 5.10 Å². The molecular weight excluding hydrogens is 358 g/mol. The first-order valence-electron chi connectivity index (χ1n) is 9.25. The molecule has 6 nitrogen and oxygen atoms in total. The van der Waals surface area contributed by atoms with Crippen LogP contribution >= 0.6 is 11.3 Å². The number of aryl methyl sites for hydroxylation is 2. The van der Waals surface area contributed by atoms with Crippen molar-refractivity contribution in [1.82, 2.24) is 20.1 Å². The number of amides is 1. The molecular formula is C20H27N5OS. The summed E-state index contributed by atoms with van der Waals surface area (Å²) in [6.07, 6.45) is 1.74. The summed E-state index contributed by atoms with van der Waals surface area (Å²) in [6, 6.07) is 4.16. The van der Waals surface area contributed by atoms with E-state index in [9.17, 15) is 4.79 Å². The normalized spacial score (nSPS) is 12.7. The van der Waals surface area contributed by atoms with Gasteiger partial charge >= 0.3 is 0 Å². The maximum atomic E-state index is 12.9. The van der Waals surface area contributed by atoms with Crippen molar-refractivity contribution in [1.29, 1.82) is 0 Å². The summed E-state index contributed by atoms with van der Waals surface area (Å²) < 4.78 is 1.87. The number of pyridine rings is 1. The van der Waals surface area contributed by atoms with Crippen molar-refractivity contribution < 1.29 is 4.79 Å². The zero-order chi connectivity index (χ0) is 19.7. The zero-order valence-electron chi connectivity index (χ0n) is 16.5. The second-order valence-corrected chi connectivity index (χ2v) is 8.81. The van der Waals surface area contributed by atoms with Crippen molar-refractivity contribution >= 4 is 28.3 Å². The van der Waals surface area contributed by atoms with Crippen LogP contribution in [0.1, 0.15) is 46.9 Å². The molecule has 3 heterocycles. The number of nitrogens with two attached hydrogens (primary N) is 1. The SMILES string of the molecule is Cc1cc(-c2cc(C(=O)NCC(C)CN)c3cnn(C(C)C)c3n2)c(C)s1. The highest BCUT2D eigenvalue weighted by molar-refractivity contribution is 7.12. The molecule has 1 unspecified atom stereocenters. The predicted octanol–water partition coefficient (Wildman–Crippen LogP) is 3.68. The largest absolute Gasteiger partial charge is 0.352 e. The number of nitrogens with one attached hydrogen (secondary N) is 1. The Hall–Kier alpha value is -2.25. The Morgan fingerprint density at radius 3 is 2.63 bits per heavy atom. The van der Waals surface area contributed by atoms with E-state index in [1.165, 1.54) is 9.75 Å². The lowest BCUT2D eigenvalue weighted by atomic mass is 10.1. The lowest BCUT2D eigenvalue weighted by Crippen LogP contribution is -2.31. The Bertz CT molecular complexity index is 972. The Balaban J connectivity index is 2.13. The zero-order valence-corrected chi connectivity index (χ0v) is 17.4. The molecule has 7 heteroatoms. The van der Waals surface area contributed by atoms with Gasteiger partial charge in [-0.25, -0.2) is 9.67 Å². The van der Waals surface area contributed by atoms with E-state index in [-0.39, 0.29) is 17.9 Å². The van der Waals surface area contributed by atoms with E-state index in [1.807, 2.05) is 17.7 Å². The highest BCUT2D eigenvalue weighted by Gasteiger charge is 2.20. The minimum Gasteiger partial charge on any atom is -0.352 e. The van der Waals surface area contributed by atoms with E-state index < -0.39 is 0 Å². The van der Waals surface area contributed by atoms with Crippen LogP contribution in [0.25, 0.3) is 22.3 Å². The molecule has 3 aromatic rings. The van der Waals surface area contributed by atoms with E-state index in [2.05, 4.69) is 44.2 Å². The first-order chi connectivity index (χ1) is 12.8. The Morgan fingerprint density at radius 1 is 1.30 bits per heavy atom. The maximum absolute atomic E-state index is 12.9. The maximum Gasteiger partial charge on any atom is 0.252 e. The highest BCUT2D eigenvalue weighted by Crippen LogP contribution is 2.32. The smallest absolute Gasteiger partial charge is 0.252 e. The van der Waals surface area contributed by atoms with Crippen molar-refractivity contribution in [3.05, 3.63) is 33.6 Å². The molecule has 0 aliphatic heterocycles. The van der Waals surface area contributed by atoms with Crippen molar-refractivity contribution in [3.63, 3.8) is 0 Å². The van der Waals surface area contributed by atoms with Crippen LogP contribution in [-0.4, -0.2) is 33.8 Å². The van der Waals surface area contributed by atoms with E-state index in [0.717, 1.165) is 22.3 Å². The molecule has 0 fully saturated rings. The standard InChI is InChI=1S/C20H27N5OS/c1-11(2)25-19-17(10-23-25)16(20(26)22-9-12(3)8-21)7-18(24-19)15-6-13(4)27-14(15)5/h6-7,10-12H,8-9,21H2,1-5H3,(H,22,26). The average molecular weight is 386 g/mol. The molecule has 0 spiro atoms. The highest BCUT2D eigenvalue weighted by atomic mass is 32.1. The topological polar surface area (TPSA) is 85.8 Å². The summed E-state index contributed by atoms with van der Waals surface area (Å²) in [6.45, 7) is 11.4. The van der Waals surface area contributed by atoms with Crippen molar-refractivity contribution in [3.8, 4) is 11.3 Å². The molecule has 0 saturated carbocycles. The van der Waals surface area contributed by atoms with Crippen LogP contribution < -0.4 is 11.1 Å². The first kappa shape index (κ1) is 19.5. The molecule has 0 aliphatic carbocycles. The average Bonchev–Trinajstić information content (AvgIpc) is 3.20. The molecule has 0 bridgehead atoms. The summed E-state index contributed by atoms with van der Waals surface area (Å²) in [5, 5.41) is 8.24. The van der Waals surface area contributed by atoms with E-state index in [0.29, 0.717) is 18.7 Å². The number of carbonyl (C=O) groups excluding carboxylic acids is 1. The molecule has 1 amide bonds. The number of rotatable bonds is 6. The third-order valence-corrected chi connectivity index (χ3v) is 5.60. The monoisotopic (exact) mass is 385 g/mol. The Morgan fingerprint density at radius 2 is 2.04 bits per heavy atom. The summed E-state index contributed by atoms with van der Waals surface area (Å²) >= 11 is 1.74. The number of aromatic nitrogens is 3. The van der Waals surface area contributed by atoms with E-state index >= 15 is 0 Å². The van der Waals surface area contributed by atoms with Crippen LogP contribution in [0, 0.1) is 19.8 Å².